The van der Waals surface area contributed by atoms with Crippen molar-refractivity contribution in [2.45, 2.75) is 63.8 Å². The molecule has 2 rings (SSSR count). The third-order valence-electron chi connectivity index (χ3n) is 4.50. The fraction of sp³-hybridized carbons (Fsp3) is 0.929. The Bertz CT molecular complexity index is 263. The molecule has 0 spiro atoms. The predicted octanol–water partition coefficient (Wildman–Crippen LogP) is 2.63. The van der Waals surface area contributed by atoms with Gasteiger partial charge in [-0.15, -0.1) is 0 Å². The molecule has 0 aromatic rings. The maximum atomic E-state index is 12.0. The number of hydrogen-bond acceptors (Lipinski definition) is 3. The van der Waals surface area contributed by atoms with Crippen molar-refractivity contribution in [3.63, 3.8) is 0 Å². The van der Waals surface area contributed by atoms with Gasteiger partial charge < -0.3 is 10.5 Å². The second-order valence-corrected chi connectivity index (χ2v) is 6.09. The summed E-state index contributed by atoms with van der Waals surface area (Å²) in [5.41, 5.74) is 5.49. The molecule has 0 aromatic heterocycles. The molecule has 0 aromatic carbocycles. The lowest BCUT2D eigenvalue weighted by atomic mass is 9.78. The number of esters is 1. The molecule has 2 N–H and O–H groups in total. The second kappa shape index (κ2) is 5.38. The molecule has 2 aliphatic rings. The highest BCUT2D eigenvalue weighted by Crippen LogP contribution is 2.31. The van der Waals surface area contributed by atoms with Crippen molar-refractivity contribution in [1.29, 1.82) is 0 Å². The quantitative estimate of drug-likeness (QED) is 0.770. The van der Waals surface area contributed by atoms with E-state index in [9.17, 15) is 4.79 Å². The molecule has 0 radical (unpaired) electrons. The molecule has 0 atom stereocenters. The summed E-state index contributed by atoms with van der Waals surface area (Å²) in [6, 6.07) is 0. The molecule has 0 aliphatic heterocycles. The van der Waals surface area contributed by atoms with E-state index >= 15 is 0 Å². The van der Waals surface area contributed by atoms with Crippen LogP contribution in [0, 0.1) is 11.8 Å². The average Bonchev–Trinajstić information content (AvgIpc) is 2.83. The fourth-order valence-corrected chi connectivity index (χ4v) is 3.00. The zero-order chi connectivity index (χ0) is 12.3. The first-order valence-electron chi connectivity index (χ1n) is 7.06. The van der Waals surface area contributed by atoms with Gasteiger partial charge in [0.2, 0.25) is 0 Å². The van der Waals surface area contributed by atoms with Gasteiger partial charge in [0.05, 0.1) is 6.61 Å². The Balaban J connectivity index is 1.78. The van der Waals surface area contributed by atoms with Crippen molar-refractivity contribution in [2.75, 3.05) is 6.61 Å². The second-order valence-electron chi connectivity index (χ2n) is 6.09. The monoisotopic (exact) mass is 239 g/mol. The molecule has 17 heavy (non-hydrogen) atoms. The van der Waals surface area contributed by atoms with Gasteiger partial charge in [0.1, 0.15) is 5.54 Å². The van der Waals surface area contributed by atoms with Gasteiger partial charge in [-0.2, -0.15) is 0 Å². The molecular weight excluding hydrogens is 214 g/mol. The van der Waals surface area contributed by atoms with Crippen LogP contribution in [0.4, 0.5) is 0 Å². The van der Waals surface area contributed by atoms with E-state index in [0.29, 0.717) is 18.4 Å². The zero-order valence-electron chi connectivity index (χ0n) is 10.9. The summed E-state index contributed by atoms with van der Waals surface area (Å²) in [7, 11) is 0. The van der Waals surface area contributed by atoms with Crippen LogP contribution in [0.15, 0.2) is 0 Å². The molecule has 0 bridgehead atoms. The summed E-state index contributed by atoms with van der Waals surface area (Å²) in [4.78, 5) is 12.0. The van der Waals surface area contributed by atoms with Crippen molar-refractivity contribution in [2.24, 2.45) is 17.6 Å². The molecular formula is C14H25NO2. The van der Waals surface area contributed by atoms with E-state index in [4.69, 9.17) is 10.5 Å². The minimum absolute atomic E-state index is 0.156. The lowest BCUT2D eigenvalue weighted by Crippen LogP contribution is -2.51. The van der Waals surface area contributed by atoms with E-state index in [1.165, 1.54) is 25.7 Å². The van der Waals surface area contributed by atoms with E-state index in [1.54, 1.807) is 0 Å². The van der Waals surface area contributed by atoms with Crippen LogP contribution < -0.4 is 5.73 Å². The summed E-state index contributed by atoms with van der Waals surface area (Å²) in [5, 5.41) is 0. The van der Waals surface area contributed by atoms with E-state index in [-0.39, 0.29) is 5.97 Å². The molecule has 3 nitrogen and oxygen atoms in total. The topological polar surface area (TPSA) is 52.3 Å². The Labute approximate surface area is 104 Å². The zero-order valence-corrected chi connectivity index (χ0v) is 10.9. The van der Waals surface area contributed by atoms with E-state index < -0.39 is 5.54 Å². The molecule has 0 saturated heterocycles. The molecule has 0 unspecified atom stereocenters. The van der Waals surface area contributed by atoms with Crippen molar-refractivity contribution < 1.29 is 9.53 Å². The van der Waals surface area contributed by atoms with Crippen molar-refractivity contribution >= 4 is 5.97 Å². The first kappa shape index (κ1) is 12.9. The van der Waals surface area contributed by atoms with Gasteiger partial charge in [-0.25, -0.2) is 0 Å². The predicted molar refractivity (Wildman–Crippen MR) is 67.5 cm³/mol. The number of hydrogen-bond donors (Lipinski definition) is 1. The third-order valence-corrected chi connectivity index (χ3v) is 4.50. The average molecular weight is 239 g/mol. The first-order valence-corrected chi connectivity index (χ1v) is 7.06. The Morgan fingerprint density at radius 1 is 1.24 bits per heavy atom. The van der Waals surface area contributed by atoms with Crippen LogP contribution in [0.1, 0.15) is 58.3 Å². The van der Waals surface area contributed by atoms with Gasteiger partial charge in [0.15, 0.2) is 0 Å². The minimum Gasteiger partial charge on any atom is -0.464 e. The molecule has 2 saturated carbocycles. The molecule has 0 amide bonds. The smallest absolute Gasteiger partial charge is 0.326 e. The van der Waals surface area contributed by atoms with Gasteiger partial charge in [-0.05, 0) is 50.4 Å². The van der Waals surface area contributed by atoms with E-state index in [1.807, 2.05) is 0 Å². The Kier molecular flexibility index (Phi) is 4.08. The van der Waals surface area contributed by atoms with E-state index in [2.05, 4.69) is 6.92 Å². The number of rotatable bonds is 3. The highest BCUT2D eigenvalue weighted by molar-refractivity contribution is 5.80. The Morgan fingerprint density at radius 3 is 2.41 bits per heavy atom. The van der Waals surface area contributed by atoms with Crippen molar-refractivity contribution in [3.05, 3.63) is 0 Å². The Morgan fingerprint density at radius 2 is 1.82 bits per heavy atom. The highest BCUT2D eigenvalue weighted by atomic mass is 16.5. The number of carbonyl (C=O) groups is 1. The molecule has 3 heteroatoms. The highest BCUT2D eigenvalue weighted by Gasteiger charge is 2.38. The van der Waals surface area contributed by atoms with Crippen molar-refractivity contribution in [3.8, 4) is 0 Å². The SMILES string of the molecule is CC1CCC(N)(C(=O)OCC2CCCC2)CC1. The van der Waals surface area contributed by atoms with Gasteiger partial charge in [0.25, 0.3) is 0 Å². The first-order chi connectivity index (χ1) is 8.10. The van der Waals surface area contributed by atoms with Crippen LogP contribution in [-0.4, -0.2) is 18.1 Å². The third kappa shape index (κ3) is 3.21. The largest absolute Gasteiger partial charge is 0.464 e. The summed E-state index contributed by atoms with van der Waals surface area (Å²) in [5.74, 6) is 1.13. The molecule has 2 fully saturated rings. The number of nitrogens with two attached hydrogens (primary N) is 1. The molecule has 2 aliphatic carbocycles. The van der Waals surface area contributed by atoms with Gasteiger partial charge in [0, 0.05) is 0 Å². The summed E-state index contributed by atoms with van der Waals surface area (Å²) < 4.78 is 5.44. The van der Waals surface area contributed by atoms with Crippen LogP contribution in [0.5, 0.6) is 0 Å². The summed E-state index contributed by atoms with van der Waals surface area (Å²) >= 11 is 0. The summed E-state index contributed by atoms with van der Waals surface area (Å²) in [6.07, 6.45) is 8.67. The van der Waals surface area contributed by atoms with Crippen LogP contribution in [-0.2, 0) is 9.53 Å². The lowest BCUT2D eigenvalue weighted by molar-refractivity contribution is -0.153. The maximum absolute atomic E-state index is 12.0. The summed E-state index contributed by atoms with van der Waals surface area (Å²) in [6.45, 7) is 2.82. The van der Waals surface area contributed by atoms with Crippen LogP contribution in [0.2, 0.25) is 0 Å². The Hall–Kier alpha value is -0.570. The van der Waals surface area contributed by atoms with Gasteiger partial charge >= 0.3 is 5.97 Å². The molecule has 0 heterocycles. The van der Waals surface area contributed by atoms with Crippen LogP contribution >= 0.6 is 0 Å². The van der Waals surface area contributed by atoms with E-state index in [0.717, 1.165) is 25.7 Å². The fourth-order valence-electron chi connectivity index (χ4n) is 3.00. The maximum Gasteiger partial charge on any atom is 0.326 e. The van der Waals surface area contributed by atoms with Crippen LogP contribution in [0.25, 0.3) is 0 Å². The number of ether oxygens (including phenoxy) is 1. The van der Waals surface area contributed by atoms with Crippen molar-refractivity contribution in [1.82, 2.24) is 0 Å². The normalized spacial score (nSPS) is 34.8. The van der Waals surface area contributed by atoms with Gasteiger partial charge in [-0.3, -0.25) is 4.79 Å². The number of carbonyl (C=O) groups excluding carboxylic acids is 1. The minimum atomic E-state index is -0.689. The molecule has 98 valence electrons. The lowest BCUT2D eigenvalue weighted by Gasteiger charge is -2.34. The standard InChI is InChI=1S/C14H25NO2/c1-11-6-8-14(15,9-7-11)13(16)17-10-12-4-2-3-5-12/h11-12H,2-10,15H2,1H3. The van der Waals surface area contributed by atoms with Crippen LogP contribution in [0.3, 0.4) is 0 Å². The van der Waals surface area contributed by atoms with Gasteiger partial charge in [-0.1, -0.05) is 19.8 Å².